The molecule has 2 saturated heterocycles. The molecule has 1 aromatic carbocycles. The molecule has 0 bridgehead atoms. The number of rotatable bonds is 7. The summed E-state index contributed by atoms with van der Waals surface area (Å²) in [4.78, 5) is 54.5. The maximum atomic E-state index is 13.8. The topological polar surface area (TPSA) is 132 Å². The first-order valence-corrected chi connectivity index (χ1v) is 13.0. The van der Waals surface area contributed by atoms with Gasteiger partial charge in [0, 0.05) is 31.9 Å². The Bertz CT molecular complexity index is 1510. The molecule has 2 fully saturated rings. The number of benzene rings is 1. The van der Waals surface area contributed by atoms with Crippen molar-refractivity contribution in [3.63, 3.8) is 0 Å². The molecule has 2 aromatic heterocycles. The summed E-state index contributed by atoms with van der Waals surface area (Å²) in [6.45, 7) is 7.60. The van der Waals surface area contributed by atoms with Crippen LogP contribution in [0.5, 0.6) is 11.6 Å². The standard InChI is InChI=1S/C27H29F2N7O5/c1-16(25(38)33-22-9-32-23(10-31-22)41-21-5-4-17(28)8-19(21)29)34-6-7-36(27(2,3)15-34)26(39)20-12-35(18-13-40-14-18)24(37)11-30-20/h4-5,8-12,16,18H,6-7,13-15H2,1-3H3,(H,31,33,38)/t16-/m0/s1. The lowest BCUT2D eigenvalue weighted by Gasteiger charge is -2.48. The van der Waals surface area contributed by atoms with E-state index in [2.05, 4.69) is 20.3 Å². The summed E-state index contributed by atoms with van der Waals surface area (Å²) in [5, 5.41) is 2.70. The van der Waals surface area contributed by atoms with E-state index in [1.54, 1.807) is 11.8 Å². The Balaban J connectivity index is 1.19. The number of carbonyl (C=O) groups excluding carboxylic acids is 2. The zero-order chi connectivity index (χ0) is 29.3. The van der Waals surface area contributed by atoms with E-state index in [-0.39, 0.29) is 46.6 Å². The molecule has 0 radical (unpaired) electrons. The fourth-order valence-electron chi connectivity index (χ4n) is 4.74. The largest absolute Gasteiger partial charge is 0.434 e. The van der Waals surface area contributed by atoms with E-state index >= 15 is 0 Å². The monoisotopic (exact) mass is 569 g/mol. The van der Waals surface area contributed by atoms with Crippen LogP contribution >= 0.6 is 0 Å². The molecule has 12 nitrogen and oxygen atoms in total. The van der Waals surface area contributed by atoms with Crippen LogP contribution in [0.3, 0.4) is 0 Å². The zero-order valence-corrected chi connectivity index (χ0v) is 22.7. The first kappa shape index (κ1) is 28.2. The maximum Gasteiger partial charge on any atom is 0.274 e. The lowest BCUT2D eigenvalue weighted by atomic mass is 9.96. The highest BCUT2D eigenvalue weighted by Gasteiger charge is 2.40. The number of carbonyl (C=O) groups is 2. The highest BCUT2D eigenvalue weighted by Crippen LogP contribution is 2.26. The van der Waals surface area contributed by atoms with Gasteiger partial charge in [0.05, 0.1) is 49.4 Å². The van der Waals surface area contributed by atoms with Crippen LogP contribution in [0.15, 0.2) is 47.8 Å². The SMILES string of the molecule is C[C@@H](C(=O)Nc1cnc(Oc2ccc(F)cc2F)cn1)N1CCN(C(=O)c2cn(C3COC3)c(=O)cn2)C(C)(C)C1. The van der Waals surface area contributed by atoms with Crippen molar-refractivity contribution < 1.29 is 27.8 Å². The van der Waals surface area contributed by atoms with Gasteiger partial charge < -0.3 is 24.3 Å². The number of amides is 2. The van der Waals surface area contributed by atoms with Crippen LogP contribution in [0, 0.1) is 11.6 Å². The van der Waals surface area contributed by atoms with Gasteiger partial charge in [-0.2, -0.15) is 0 Å². The second-order valence-electron chi connectivity index (χ2n) is 10.5. The van der Waals surface area contributed by atoms with Gasteiger partial charge in [-0.25, -0.2) is 23.7 Å². The first-order valence-electron chi connectivity index (χ1n) is 13.0. The van der Waals surface area contributed by atoms with Gasteiger partial charge in [0.15, 0.2) is 17.4 Å². The lowest BCUT2D eigenvalue weighted by Crippen LogP contribution is -2.63. The molecule has 0 spiro atoms. The molecule has 0 saturated carbocycles. The van der Waals surface area contributed by atoms with Gasteiger partial charge >= 0.3 is 0 Å². The predicted molar refractivity (Wildman–Crippen MR) is 142 cm³/mol. The molecule has 41 heavy (non-hydrogen) atoms. The van der Waals surface area contributed by atoms with Crippen LogP contribution in [-0.4, -0.2) is 85.6 Å². The third kappa shape index (κ3) is 6.07. The fraction of sp³-hybridized carbons (Fsp3) is 0.407. The number of hydrogen-bond acceptors (Lipinski definition) is 9. The van der Waals surface area contributed by atoms with E-state index in [0.29, 0.717) is 38.9 Å². The number of piperazine rings is 1. The highest BCUT2D eigenvalue weighted by molar-refractivity contribution is 5.94. The Hall–Kier alpha value is -4.30. The number of nitrogens with zero attached hydrogens (tertiary/aromatic N) is 6. The van der Waals surface area contributed by atoms with E-state index in [1.807, 2.05) is 18.7 Å². The molecule has 0 unspecified atom stereocenters. The van der Waals surface area contributed by atoms with Gasteiger partial charge in [0.25, 0.3) is 11.5 Å². The first-order chi connectivity index (χ1) is 19.5. The van der Waals surface area contributed by atoms with Crippen LogP contribution in [0.25, 0.3) is 0 Å². The van der Waals surface area contributed by atoms with Gasteiger partial charge in [-0.1, -0.05) is 0 Å². The Labute approximate surface area is 233 Å². The third-order valence-electron chi connectivity index (χ3n) is 7.15. The molecular weight excluding hydrogens is 540 g/mol. The van der Waals surface area contributed by atoms with E-state index in [4.69, 9.17) is 9.47 Å². The molecule has 216 valence electrons. The molecule has 5 rings (SSSR count). The Morgan fingerprint density at radius 3 is 2.54 bits per heavy atom. The predicted octanol–water partition coefficient (Wildman–Crippen LogP) is 2.24. The molecule has 2 aliphatic heterocycles. The van der Waals surface area contributed by atoms with Gasteiger partial charge in [-0.3, -0.25) is 19.3 Å². The molecule has 1 atom stereocenters. The minimum absolute atomic E-state index is 0.0324. The number of hydrogen-bond donors (Lipinski definition) is 1. The van der Waals surface area contributed by atoms with Crippen LogP contribution in [0.4, 0.5) is 14.6 Å². The lowest BCUT2D eigenvalue weighted by molar-refractivity contribution is -0.122. The molecule has 2 amide bonds. The molecule has 4 heterocycles. The average molecular weight is 570 g/mol. The molecule has 2 aliphatic rings. The van der Waals surface area contributed by atoms with Crippen molar-refractivity contribution in [2.24, 2.45) is 0 Å². The summed E-state index contributed by atoms with van der Waals surface area (Å²) >= 11 is 0. The Kier molecular flexibility index (Phi) is 7.78. The quantitative estimate of drug-likeness (QED) is 0.455. The second kappa shape index (κ2) is 11.3. The van der Waals surface area contributed by atoms with Gasteiger partial charge in [-0.15, -0.1) is 0 Å². The number of aromatic nitrogens is 4. The van der Waals surface area contributed by atoms with Gasteiger partial charge in [-0.05, 0) is 32.9 Å². The minimum Gasteiger partial charge on any atom is -0.434 e. The summed E-state index contributed by atoms with van der Waals surface area (Å²) in [5.74, 6) is -2.31. The van der Waals surface area contributed by atoms with Crippen LogP contribution in [-0.2, 0) is 9.53 Å². The van der Waals surface area contributed by atoms with Crippen LogP contribution < -0.4 is 15.6 Å². The van der Waals surface area contributed by atoms with Crippen molar-refractivity contribution in [3.8, 4) is 11.6 Å². The van der Waals surface area contributed by atoms with E-state index in [1.165, 1.54) is 23.2 Å². The highest BCUT2D eigenvalue weighted by atomic mass is 19.1. The summed E-state index contributed by atoms with van der Waals surface area (Å²) in [7, 11) is 0. The third-order valence-corrected chi connectivity index (χ3v) is 7.15. The summed E-state index contributed by atoms with van der Waals surface area (Å²) in [5.41, 5.74) is -0.745. The molecule has 14 heteroatoms. The number of anilines is 1. The van der Waals surface area contributed by atoms with Crippen molar-refractivity contribution >= 4 is 17.6 Å². The van der Waals surface area contributed by atoms with Crippen LogP contribution in [0.1, 0.15) is 37.3 Å². The molecule has 3 aromatic rings. The Morgan fingerprint density at radius 1 is 1.12 bits per heavy atom. The Morgan fingerprint density at radius 2 is 1.90 bits per heavy atom. The van der Waals surface area contributed by atoms with Crippen molar-refractivity contribution in [3.05, 3.63) is 70.7 Å². The van der Waals surface area contributed by atoms with Crippen molar-refractivity contribution in [1.29, 1.82) is 0 Å². The van der Waals surface area contributed by atoms with Crippen molar-refractivity contribution in [2.45, 2.75) is 38.4 Å². The van der Waals surface area contributed by atoms with E-state index < -0.39 is 23.2 Å². The maximum absolute atomic E-state index is 13.8. The minimum atomic E-state index is -0.883. The van der Waals surface area contributed by atoms with Crippen LogP contribution in [0.2, 0.25) is 0 Å². The molecular formula is C27H29F2N7O5. The smallest absolute Gasteiger partial charge is 0.274 e. The fourth-order valence-corrected chi connectivity index (χ4v) is 4.74. The molecule has 0 aliphatic carbocycles. The summed E-state index contributed by atoms with van der Waals surface area (Å²) in [6.07, 6.45) is 5.13. The van der Waals surface area contributed by atoms with E-state index in [9.17, 15) is 23.2 Å². The number of nitrogens with one attached hydrogen (secondary N) is 1. The summed E-state index contributed by atoms with van der Waals surface area (Å²) in [6, 6.07) is 2.22. The van der Waals surface area contributed by atoms with Gasteiger partial charge in [0.2, 0.25) is 11.8 Å². The van der Waals surface area contributed by atoms with Crippen molar-refractivity contribution in [2.75, 3.05) is 38.2 Å². The summed E-state index contributed by atoms with van der Waals surface area (Å²) < 4.78 is 38.9. The number of ether oxygens (including phenoxy) is 2. The van der Waals surface area contributed by atoms with Crippen molar-refractivity contribution in [1.82, 2.24) is 29.3 Å². The molecule has 1 N–H and O–H groups in total. The van der Waals surface area contributed by atoms with E-state index in [0.717, 1.165) is 18.3 Å². The normalized spacial score (nSPS) is 17.9. The average Bonchev–Trinajstić information content (AvgIpc) is 2.90. The zero-order valence-electron chi connectivity index (χ0n) is 22.7. The number of halogens is 2. The van der Waals surface area contributed by atoms with Gasteiger partial charge in [0.1, 0.15) is 11.5 Å². The second-order valence-corrected chi connectivity index (χ2v) is 10.5.